The van der Waals surface area contributed by atoms with Crippen LogP contribution >= 0.6 is 0 Å². The Hall–Kier alpha value is -1.29. The van der Waals surface area contributed by atoms with E-state index >= 15 is 0 Å². The molecule has 1 unspecified atom stereocenters. The summed E-state index contributed by atoms with van der Waals surface area (Å²) in [6, 6.07) is 3.67. The molecule has 4 N–H and O–H groups in total. The van der Waals surface area contributed by atoms with Crippen LogP contribution in [0.3, 0.4) is 0 Å². The highest BCUT2D eigenvalue weighted by molar-refractivity contribution is 5.92. The van der Waals surface area contributed by atoms with E-state index in [-0.39, 0.29) is 11.9 Å². The molecule has 0 aliphatic heterocycles. The number of carbonyl (C=O) groups excluding carboxylic acids is 1. The van der Waals surface area contributed by atoms with Crippen LogP contribution in [0.2, 0.25) is 0 Å². The molecule has 1 aliphatic carbocycles. The Morgan fingerprint density at radius 2 is 2.50 bits per heavy atom. The van der Waals surface area contributed by atoms with Crippen LogP contribution in [0, 0.1) is 5.92 Å². The van der Waals surface area contributed by atoms with Crippen molar-refractivity contribution in [2.45, 2.75) is 18.9 Å². The molecule has 2 rings (SSSR count). The quantitative estimate of drug-likeness (QED) is 0.651. The van der Waals surface area contributed by atoms with Crippen molar-refractivity contribution in [3.05, 3.63) is 24.0 Å². The average Bonchev–Trinajstić information content (AvgIpc) is 2.90. The Morgan fingerprint density at radius 1 is 1.71 bits per heavy atom. The second-order valence-electron chi connectivity index (χ2n) is 3.80. The second-order valence-corrected chi connectivity index (χ2v) is 3.80. The maximum Gasteiger partial charge on any atom is 0.267 e. The zero-order valence-corrected chi connectivity index (χ0v) is 7.99. The Morgan fingerprint density at radius 3 is 3.07 bits per heavy atom. The topological polar surface area (TPSA) is 70.9 Å². The lowest BCUT2D eigenvalue weighted by molar-refractivity contribution is 0.0946. The van der Waals surface area contributed by atoms with Gasteiger partial charge in [0.1, 0.15) is 5.69 Å². The molecule has 0 bridgehead atoms. The van der Waals surface area contributed by atoms with Gasteiger partial charge in [-0.3, -0.25) is 4.79 Å². The van der Waals surface area contributed by atoms with Gasteiger partial charge in [0.05, 0.1) is 0 Å². The predicted molar refractivity (Wildman–Crippen MR) is 53.8 cm³/mol. The molecule has 14 heavy (non-hydrogen) atoms. The number of H-pyrrole nitrogens is 1. The highest BCUT2D eigenvalue weighted by Crippen LogP contribution is 2.31. The third kappa shape index (κ3) is 2.14. The summed E-state index contributed by atoms with van der Waals surface area (Å²) in [4.78, 5) is 14.3. The van der Waals surface area contributed by atoms with Crippen molar-refractivity contribution in [1.29, 1.82) is 0 Å². The minimum atomic E-state index is -0.0777. The van der Waals surface area contributed by atoms with Crippen LogP contribution < -0.4 is 11.1 Å². The van der Waals surface area contributed by atoms with E-state index in [2.05, 4.69) is 10.3 Å². The third-order valence-electron chi connectivity index (χ3n) is 2.57. The molecule has 76 valence electrons. The lowest BCUT2D eigenvalue weighted by Crippen LogP contribution is -2.38. The molecule has 0 radical (unpaired) electrons. The van der Waals surface area contributed by atoms with Crippen molar-refractivity contribution in [1.82, 2.24) is 10.3 Å². The predicted octanol–water partition coefficient (Wildman–Crippen LogP) is 0.482. The number of hydrogen-bond donors (Lipinski definition) is 3. The van der Waals surface area contributed by atoms with Crippen molar-refractivity contribution in [2.24, 2.45) is 11.7 Å². The van der Waals surface area contributed by atoms with Gasteiger partial charge in [-0.1, -0.05) is 0 Å². The largest absolute Gasteiger partial charge is 0.357 e. The van der Waals surface area contributed by atoms with Gasteiger partial charge in [0.25, 0.3) is 5.91 Å². The highest BCUT2D eigenvalue weighted by atomic mass is 16.1. The summed E-state index contributed by atoms with van der Waals surface area (Å²) in [6.07, 6.45) is 4.15. The molecule has 0 spiro atoms. The van der Waals surface area contributed by atoms with E-state index in [0.29, 0.717) is 18.2 Å². The Bertz CT molecular complexity index is 303. The van der Waals surface area contributed by atoms with Crippen molar-refractivity contribution in [2.75, 3.05) is 6.54 Å². The van der Waals surface area contributed by atoms with Gasteiger partial charge in [0, 0.05) is 18.8 Å². The normalized spacial score (nSPS) is 17.8. The second kappa shape index (κ2) is 3.84. The summed E-state index contributed by atoms with van der Waals surface area (Å²) in [7, 11) is 0. The number of nitrogens with two attached hydrogens (primary N) is 1. The highest BCUT2D eigenvalue weighted by Gasteiger charge is 2.28. The first kappa shape index (κ1) is 9.27. The number of carbonyl (C=O) groups is 1. The van der Waals surface area contributed by atoms with E-state index in [1.54, 1.807) is 18.3 Å². The summed E-state index contributed by atoms with van der Waals surface area (Å²) >= 11 is 0. The van der Waals surface area contributed by atoms with Crippen molar-refractivity contribution >= 4 is 5.91 Å². The van der Waals surface area contributed by atoms with Gasteiger partial charge in [0.15, 0.2) is 0 Å². The maximum atomic E-state index is 11.5. The first-order chi connectivity index (χ1) is 6.77. The Labute approximate surface area is 82.9 Å². The fourth-order valence-corrected chi connectivity index (χ4v) is 1.47. The van der Waals surface area contributed by atoms with E-state index in [9.17, 15) is 4.79 Å². The molecule has 1 aromatic rings. The van der Waals surface area contributed by atoms with Crippen LogP contribution in [0.4, 0.5) is 0 Å². The standard InChI is InChI=1S/C10H15N3O/c11-8(7-3-4-7)6-13-10(14)9-2-1-5-12-9/h1-2,5,7-8,12H,3-4,6,11H2,(H,13,14). The fraction of sp³-hybridized carbons (Fsp3) is 0.500. The molecule has 1 heterocycles. The molecule has 0 saturated heterocycles. The third-order valence-corrected chi connectivity index (χ3v) is 2.57. The Kier molecular flexibility index (Phi) is 2.54. The molecule has 1 fully saturated rings. The number of aromatic amines is 1. The zero-order chi connectivity index (χ0) is 9.97. The average molecular weight is 193 g/mol. The number of aromatic nitrogens is 1. The van der Waals surface area contributed by atoms with E-state index in [1.807, 2.05) is 0 Å². The molecule has 4 heteroatoms. The summed E-state index contributed by atoms with van der Waals surface area (Å²) < 4.78 is 0. The Balaban J connectivity index is 1.77. The first-order valence-electron chi connectivity index (χ1n) is 4.94. The molecular weight excluding hydrogens is 178 g/mol. The van der Waals surface area contributed by atoms with Crippen molar-refractivity contribution in [3.63, 3.8) is 0 Å². The lowest BCUT2D eigenvalue weighted by Gasteiger charge is -2.10. The molecule has 1 saturated carbocycles. The molecule has 1 aliphatic rings. The molecule has 4 nitrogen and oxygen atoms in total. The monoisotopic (exact) mass is 193 g/mol. The molecule has 1 atom stereocenters. The number of rotatable bonds is 4. The number of hydrogen-bond acceptors (Lipinski definition) is 2. The van der Waals surface area contributed by atoms with Gasteiger partial charge >= 0.3 is 0 Å². The zero-order valence-electron chi connectivity index (χ0n) is 7.99. The van der Waals surface area contributed by atoms with Gasteiger partial charge in [-0.05, 0) is 30.9 Å². The maximum absolute atomic E-state index is 11.5. The minimum Gasteiger partial charge on any atom is -0.357 e. The summed E-state index contributed by atoms with van der Waals surface area (Å²) in [5.41, 5.74) is 6.45. The molecule has 0 aromatic carbocycles. The minimum absolute atomic E-state index is 0.0777. The van der Waals surface area contributed by atoms with Crippen LogP contribution in [0.25, 0.3) is 0 Å². The molecule has 1 aromatic heterocycles. The van der Waals surface area contributed by atoms with Gasteiger partial charge in [-0.15, -0.1) is 0 Å². The van der Waals surface area contributed by atoms with Crippen LogP contribution in [-0.4, -0.2) is 23.5 Å². The van der Waals surface area contributed by atoms with E-state index in [1.165, 1.54) is 12.8 Å². The van der Waals surface area contributed by atoms with Crippen molar-refractivity contribution < 1.29 is 4.79 Å². The molecular formula is C10H15N3O. The van der Waals surface area contributed by atoms with Crippen LogP contribution in [0.15, 0.2) is 18.3 Å². The van der Waals surface area contributed by atoms with E-state index < -0.39 is 0 Å². The van der Waals surface area contributed by atoms with Gasteiger partial charge in [0.2, 0.25) is 0 Å². The van der Waals surface area contributed by atoms with E-state index in [0.717, 1.165) is 0 Å². The SMILES string of the molecule is NC(CNC(=O)c1ccc[nH]1)C1CC1. The van der Waals surface area contributed by atoms with Crippen molar-refractivity contribution in [3.8, 4) is 0 Å². The number of amides is 1. The van der Waals surface area contributed by atoms with Gasteiger partial charge in [-0.25, -0.2) is 0 Å². The summed E-state index contributed by atoms with van der Waals surface area (Å²) in [6.45, 7) is 0.572. The smallest absolute Gasteiger partial charge is 0.267 e. The number of nitrogens with one attached hydrogen (secondary N) is 2. The van der Waals surface area contributed by atoms with Gasteiger partial charge in [-0.2, -0.15) is 0 Å². The van der Waals surface area contributed by atoms with Crippen LogP contribution in [0.5, 0.6) is 0 Å². The first-order valence-corrected chi connectivity index (χ1v) is 4.94. The summed E-state index contributed by atoms with van der Waals surface area (Å²) in [5.74, 6) is 0.546. The summed E-state index contributed by atoms with van der Waals surface area (Å²) in [5, 5.41) is 2.81. The fourth-order valence-electron chi connectivity index (χ4n) is 1.47. The van der Waals surface area contributed by atoms with Crippen LogP contribution in [0.1, 0.15) is 23.3 Å². The molecule has 1 amide bonds. The van der Waals surface area contributed by atoms with Crippen LogP contribution in [-0.2, 0) is 0 Å². The lowest BCUT2D eigenvalue weighted by atomic mass is 10.2. The van der Waals surface area contributed by atoms with E-state index in [4.69, 9.17) is 5.73 Å². The van der Waals surface area contributed by atoms with Gasteiger partial charge < -0.3 is 16.0 Å².